The fraction of sp³-hybridized carbons (Fsp3) is 0.200. The quantitative estimate of drug-likeness (QED) is 0.847. The molecule has 0 spiro atoms. The molecule has 0 radical (unpaired) electrons. The van der Waals surface area contributed by atoms with Crippen LogP contribution in [0.15, 0.2) is 53.0 Å². The van der Waals surface area contributed by atoms with Crippen molar-refractivity contribution in [3.8, 4) is 5.75 Å². The van der Waals surface area contributed by atoms with Crippen LogP contribution in [0.25, 0.3) is 0 Å². The SMILES string of the molecule is OC(CNc1ccc(F)cc1Br)COc1ccccc1. The minimum absolute atomic E-state index is 0.190. The first-order chi connectivity index (χ1) is 9.65. The molecule has 2 rings (SSSR count). The Bertz CT molecular complexity index is 551. The smallest absolute Gasteiger partial charge is 0.124 e. The molecule has 1 unspecified atom stereocenters. The molecule has 2 aromatic rings. The van der Waals surface area contributed by atoms with Crippen molar-refractivity contribution in [1.29, 1.82) is 0 Å². The van der Waals surface area contributed by atoms with Crippen LogP contribution in [0, 0.1) is 5.82 Å². The summed E-state index contributed by atoms with van der Waals surface area (Å²) in [6.45, 7) is 0.507. The molecule has 0 aliphatic carbocycles. The number of ether oxygens (including phenoxy) is 1. The first-order valence-corrected chi connectivity index (χ1v) is 6.99. The summed E-state index contributed by atoms with van der Waals surface area (Å²) in [5.41, 5.74) is 0.727. The lowest BCUT2D eigenvalue weighted by atomic mass is 10.3. The number of hydrogen-bond donors (Lipinski definition) is 2. The number of anilines is 1. The van der Waals surface area contributed by atoms with Gasteiger partial charge in [-0.1, -0.05) is 18.2 Å². The van der Waals surface area contributed by atoms with E-state index in [0.717, 1.165) is 11.4 Å². The van der Waals surface area contributed by atoms with Gasteiger partial charge in [0.05, 0.1) is 0 Å². The van der Waals surface area contributed by atoms with Gasteiger partial charge >= 0.3 is 0 Å². The monoisotopic (exact) mass is 339 g/mol. The van der Waals surface area contributed by atoms with Crippen molar-refractivity contribution in [2.75, 3.05) is 18.5 Å². The summed E-state index contributed by atoms with van der Waals surface area (Å²) in [7, 11) is 0. The van der Waals surface area contributed by atoms with E-state index in [4.69, 9.17) is 4.74 Å². The molecule has 3 nitrogen and oxygen atoms in total. The van der Waals surface area contributed by atoms with Gasteiger partial charge in [-0.3, -0.25) is 0 Å². The molecule has 1 atom stereocenters. The molecule has 106 valence electrons. The third-order valence-corrected chi connectivity index (χ3v) is 3.30. The molecule has 0 amide bonds. The Morgan fingerprint density at radius 3 is 2.65 bits per heavy atom. The molecule has 0 bridgehead atoms. The van der Waals surface area contributed by atoms with Gasteiger partial charge in [0.1, 0.15) is 24.3 Å². The van der Waals surface area contributed by atoms with Gasteiger partial charge in [-0.05, 0) is 46.3 Å². The molecule has 2 N–H and O–H groups in total. The van der Waals surface area contributed by atoms with E-state index in [0.29, 0.717) is 11.0 Å². The van der Waals surface area contributed by atoms with Crippen molar-refractivity contribution >= 4 is 21.6 Å². The van der Waals surface area contributed by atoms with Gasteiger partial charge in [-0.25, -0.2) is 4.39 Å². The summed E-state index contributed by atoms with van der Waals surface area (Å²) in [6.07, 6.45) is -0.660. The zero-order valence-corrected chi connectivity index (χ0v) is 12.3. The molecular weight excluding hydrogens is 325 g/mol. The minimum atomic E-state index is -0.660. The van der Waals surface area contributed by atoms with Crippen LogP contribution in [-0.2, 0) is 0 Å². The Labute approximate surface area is 125 Å². The maximum atomic E-state index is 12.9. The van der Waals surface area contributed by atoms with Crippen molar-refractivity contribution < 1.29 is 14.2 Å². The Kier molecular flexibility index (Phi) is 5.38. The summed E-state index contributed by atoms with van der Waals surface area (Å²) in [6, 6.07) is 13.6. The van der Waals surface area contributed by atoms with E-state index in [1.54, 1.807) is 6.07 Å². The standard InChI is InChI=1S/C15H15BrFNO2/c16-14-8-11(17)6-7-15(14)18-9-12(19)10-20-13-4-2-1-3-5-13/h1-8,12,18-19H,9-10H2. The number of benzene rings is 2. The molecule has 0 fully saturated rings. The van der Waals surface area contributed by atoms with Crippen LogP contribution in [0.1, 0.15) is 0 Å². The van der Waals surface area contributed by atoms with Gasteiger partial charge in [0, 0.05) is 16.7 Å². The molecule has 0 saturated carbocycles. The Morgan fingerprint density at radius 2 is 1.95 bits per heavy atom. The van der Waals surface area contributed by atoms with Crippen LogP contribution < -0.4 is 10.1 Å². The first kappa shape index (κ1) is 14.8. The Balaban J connectivity index is 1.79. The summed E-state index contributed by atoms with van der Waals surface area (Å²) < 4.78 is 19.0. The number of aliphatic hydroxyl groups excluding tert-OH is 1. The summed E-state index contributed by atoms with van der Waals surface area (Å²) >= 11 is 3.26. The van der Waals surface area contributed by atoms with Gasteiger partial charge in [-0.15, -0.1) is 0 Å². The molecule has 0 aliphatic heterocycles. The highest BCUT2D eigenvalue weighted by molar-refractivity contribution is 9.10. The van der Waals surface area contributed by atoms with Gasteiger partial charge in [0.2, 0.25) is 0 Å². The third-order valence-electron chi connectivity index (χ3n) is 2.64. The second kappa shape index (κ2) is 7.26. The lowest BCUT2D eigenvalue weighted by Gasteiger charge is -2.14. The van der Waals surface area contributed by atoms with Crippen molar-refractivity contribution in [3.63, 3.8) is 0 Å². The fourth-order valence-corrected chi connectivity index (χ4v) is 2.12. The average molecular weight is 340 g/mol. The molecule has 0 aliphatic rings. The van der Waals surface area contributed by atoms with Crippen LogP contribution in [0.4, 0.5) is 10.1 Å². The summed E-state index contributed by atoms with van der Waals surface area (Å²) in [4.78, 5) is 0. The summed E-state index contributed by atoms with van der Waals surface area (Å²) in [5.74, 6) is 0.407. The highest BCUT2D eigenvalue weighted by Gasteiger charge is 2.07. The van der Waals surface area contributed by atoms with Crippen molar-refractivity contribution in [2.45, 2.75) is 6.10 Å². The normalized spacial score (nSPS) is 11.9. The van der Waals surface area contributed by atoms with E-state index < -0.39 is 6.10 Å². The number of hydrogen-bond acceptors (Lipinski definition) is 3. The highest BCUT2D eigenvalue weighted by atomic mass is 79.9. The fourth-order valence-electron chi connectivity index (χ4n) is 1.63. The lowest BCUT2D eigenvalue weighted by Crippen LogP contribution is -2.26. The molecule has 2 aromatic carbocycles. The molecule has 0 heterocycles. The predicted octanol–water partition coefficient (Wildman–Crippen LogP) is 3.44. The van der Waals surface area contributed by atoms with Crippen molar-refractivity contribution in [3.05, 3.63) is 58.8 Å². The summed E-state index contributed by atoms with van der Waals surface area (Å²) in [5, 5.41) is 12.9. The minimum Gasteiger partial charge on any atom is -0.491 e. The zero-order chi connectivity index (χ0) is 14.4. The Hall–Kier alpha value is -1.59. The maximum absolute atomic E-state index is 12.9. The van der Waals surface area contributed by atoms with Crippen LogP contribution in [-0.4, -0.2) is 24.4 Å². The van der Waals surface area contributed by atoms with Crippen LogP contribution in [0.3, 0.4) is 0 Å². The predicted molar refractivity (Wildman–Crippen MR) is 80.5 cm³/mol. The van der Waals surface area contributed by atoms with E-state index in [2.05, 4.69) is 21.2 Å². The van der Waals surface area contributed by atoms with E-state index in [1.807, 2.05) is 30.3 Å². The first-order valence-electron chi connectivity index (χ1n) is 6.20. The topological polar surface area (TPSA) is 41.5 Å². The second-order valence-electron chi connectivity index (χ2n) is 4.28. The molecular formula is C15H15BrFNO2. The van der Waals surface area contributed by atoms with Gasteiger partial charge in [-0.2, -0.15) is 0 Å². The molecule has 20 heavy (non-hydrogen) atoms. The molecule has 0 saturated heterocycles. The molecule has 5 heteroatoms. The number of halogens is 2. The molecule has 0 aromatic heterocycles. The Morgan fingerprint density at radius 1 is 1.20 bits per heavy atom. The number of aliphatic hydroxyl groups is 1. The lowest BCUT2D eigenvalue weighted by molar-refractivity contribution is 0.117. The van der Waals surface area contributed by atoms with E-state index >= 15 is 0 Å². The van der Waals surface area contributed by atoms with Crippen molar-refractivity contribution in [2.24, 2.45) is 0 Å². The van der Waals surface area contributed by atoms with Gasteiger partial charge in [0.25, 0.3) is 0 Å². The number of nitrogens with one attached hydrogen (secondary N) is 1. The average Bonchev–Trinajstić information content (AvgIpc) is 2.45. The van der Waals surface area contributed by atoms with E-state index in [9.17, 15) is 9.50 Å². The van der Waals surface area contributed by atoms with E-state index in [1.165, 1.54) is 12.1 Å². The second-order valence-corrected chi connectivity index (χ2v) is 5.14. The highest BCUT2D eigenvalue weighted by Crippen LogP contribution is 2.22. The van der Waals surface area contributed by atoms with Crippen LogP contribution in [0.2, 0.25) is 0 Å². The van der Waals surface area contributed by atoms with E-state index in [-0.39, 0.29) is 12.4 Å². The van der Waals surface area contributed by atoms with Crippen molar-refractivity contribution in [1.82, 2.24) is 0 Å². The third kappa shape index (κ3) is 4.51. The van der Waals surface area contributed by atoms with Crippen LogP contribution in [0.5, 0.6) is 5.75 Å². The largest absolute Gasteiger partial charge is 0.491 e. The zero-order valence-electron chi connectivity index (χ0n) is 10.7. The number of para-hydroxylation sites is 1. The van der Waals surface area contributed by atoms with Crippen LogP contribution >= 0.6 is 15.9 Å². The number of rotatable bonds is 6. The van der Waals surface area contributed by atoms with Gasteiger partial charge < -0.3 is 15.2 Å². The van der Waals surface area contributed by atoms with Gasteiger partial charge in [0.15, 0.2) is 0 Å². The maximum Gasteiger partial charge on any atom is 0.124 e.